The van der Waals surface area contributed by atoms with Crippen molar-refractivity contribution in [1.82, 2.24) is 9.97 Å². The summed E-state index contributed by atoms with van der Waals surface area (Å²) in [5.41, 5.74) is 7.58. The third-order valence-electron chi connectivity index (χ3n) is 3.53. The van der Waals surface area contributed by atoms with Crippen LogP contribution in [0.5, 0.6) is 5.75 Å². The fourth-order valence-corrected chi connectivity index (χ4v) is 2.39. The van der Waals surface area contributed by atoms with Crippen LogP contribution in [0, 0.1) is 11.3 Å². The molecule has 0 unspecified atom stereocenters. The average Bonchev–Trinajstić information content (AvgIpc) is 2.56. The molecule has 22 heavy (non-hydrogen) atoms. The summed E-state index contributed by atoms with van der Waals surface area (Å²) in [5, 5.41) is 9.36. The molecule has 1 aliphatic heterocycles. The highest BCUT2D eigenvalue weighted by molar-refractivity contribution is 5.64. The van der Waals surface area contributed by atoms with Gasteiger partial charge >= 0.3 is 0 Å². The average molecular weight is 296 g/mol. The molecule has 1 saturated heterocycles. The molecule has 1 aliphatic rings. The van der Waals surface area contributed by atoms with Crippen molar-refractivity contribution in [3.63, 3.8) is 0 Å². The minimum absolute atomic E-state index is 0.0985. The van der Waals surface area contributed by atoms with Gasteiger partial charge in [-0.15, -0.1) is 0 Å². The topological polar surface area (TPSA) is 94.1 Å². The second-order valence-corrected chi connectivity index (χ2v) is 5.05. The predicted molar refractivity (Wildman–Crippen MR) is 81.1 cm³/mol. The summed E-state index contributed by atoms with van der Waals surface area (Å²) in [5.74, 6) is 0.804. The molecule has 6 heteroatoms. The van der Waals surface area contributed by atoms with E-state index in [4.69, 9.17) is 15.2 Å². The number of hydrogen-bond donors (Lipinski definition) is 1. The van der Waals surface area contributed by atoms with E-state index in [1.54, 1.807) is 18.3 Å². The lowest BCUT2D eigenvalue weighted by Crippen LogP contribution is -2.26. The summed E-state index contributed by atoms with van der Waals surface area (Å²) in [6, 6.07) is 9.37. The maximum absolute atomic E-state index is 9.36. The van der Waals surface area contributed by atoms with Gasteiger partial charge in [0.05, 0.1) is 24.5 Å². The number of rotatable bonds is 3. The molecule has 0 amide bonds. The number of nitrogen functional groups attached to an aromatic ring is 1. The molecule has 2 heterocycles. The maximum Gasteiger partial charge on any atom is 0.220 e. The van der Waals surface area contributed by atoms with Crippen molar-refractivity contribution >= 4 is 5.95 Å². The van der Waals surface area contributed by atoms with Crippen LogP contribution < -0.4 is 10.5 Å². The molecule has 112 valence electrons. The van der Waals surface area contributed by atoms with Gasteiger partial charge in [-0.25, -0.2) is 9.97 Å². The molecule has 2 N–H and O–H groups in total. The Hall–Kier alpha value is -2.65. The van der Waals surface area contributed by atoms with Crippen LogP contribution in [0.2, 0.25) is 0 Å². The van der Waals surface area contributed by atoms with Crippen molar-refractivity contribution in [2.45, 2.75) is 18.9 Å². The van der Waals surface area contributed by atoms with Crippen LogP contribution in [0.25, 0.3) is 11.3 Å². The number of nitriles is 1. The molecule has 0 saturated carbocycles. The largest absolute Gasteiger partial charge is 0.489 e. The van der Waals surface area contributed by atoms with Gasteiger partial charge in [-0.05, 0) is 24.3 Å². The van der Waals surface area contributed by atoms with Gasteiger partial charge in [0, 0.05) is 24.6 Å². The molecular weight excluding hydrogens is 280 g/mol. The van der Waals surface area contributed by atoms with Gasteiger partial charge in [-0.3, -0.25) is 0 Å². The summed E-state index contributed by atoms with van der Waals surface area (Å²) in [6.07, 6.45) is 3.38. The summed E-state index contributed by atoms with van der Waals surface area (Å²) < 4.78 is 11.2. The van der Waals surface area contributed by atoms with E-state index >= 15 is 0 Å². The highest BCUT2D eigenvalue weighted by atomic mass is 16.5. The Morgan fingerprint density at radius 1 is 1.27 bits per heavy atom. The molecule has 0 radical (unpaired) electrons. The second kappa shape index (κ2) is 6.41. The van der Waals surface area contributed by atoms with Crippen LogP contribution in [0.4, 0.5) is 5.95 Å². The van der Waals surface area contributed by atoms with Crippen LogP contribution in [0.15, 0.2) is 30.5 Å². The molecule has 0 spiro atoms. The quantitative estimate of drug-likeness (QED) is 0.932. The van der Waals surface area contributed by atoms with Crippen molar-refractivity contribution in [2.75, 3.05) is 18.9 Å². The number of nitrogens with zero attached hydrogens (tertiary/aromatic N) is 3. The number of aromatic nitrogens is 2. The van der Waals surface area contributed by atoms with Crippen molar-refractivity contribution < 1.29 is 9.47 Å². The zero-order chi connectivity index (χ0) is 15.4. The van der Waals surface area contributed by atoms with Crippen LogP contribution >= 0.6 is 0 Å². The minimum atomic E-state index is 0.0985. The van der Waals surface area contributed by atoms with Gasteiger partial charge in [0.15, 0.2) is 0 Å². The highest BCUT2D eigenvalue weighted by Crippen LogP contribution is 2.27. The molecule has 1 aromatic heterocycles. The third-order valence-corrected chi connectivity index (χ3v) is 3.53. The normalized spacial score (nSPS) is 15.2. The van der Waals surface area contributed by atoms with E-state index in [-0.39, 0.29) is 12.1 Å². The Morgan fingerprint density at radius 2 is 2.09 bits per heavy atom. The number of nitrogens with two attached hydrogens (primary N) is 1. The van der Waals surface area contributed by atoms with Gasteiger partial charge in [0.1, 0.15) is 17.9 Å². The summed E-state index contributed by atoms with van der Waals surface area (Å²) >= 11 is 0. The van der Waals surface area contributed by atoms with Crippen molar-refractivity contribution in [2.24, 2.45) is 0 Å². The van der Waals surface area contributed by atoms with Crippen LogP contribution in [0.3, 0.4) is 0 Å². The SMILES string of the molecule is N#Cc1cc(-c2ccnc(N)n2)ccc1OC1CCOCC1. The fraction of sp³-hybridized carbons (Fsp3) is 0.312. The minimum Gasteiger partial charge on any atom is -0.489 e. The molecule has 2 aromatic rings. The molecule has 0 atom stereocenters. The number of anilines is 1. The highest BCUT2D eigenvalue weighted by Gasteiger charge is 2.17. The van der Waals surface area contributed by atoms with Gasteiger partial charge in [-0.2, -0.15) is 5.26 Å². The van der Waals surface area contributed by atoms with Crippen molar-refractivity contribution in [3.05, 3.63) is 36.0 Å². The van der Waals surface area contributed by atoms with E-state index < -0.39 is 0 Å². The van der Waals surface area contributed by atoms with Crippen LogP contribution in [0.1, 0.15) is 18.4 Å². The zero-order valence-corrected chi connectivity index (χ0v) is 12.0. The van der Waals surface area contributed by atoms with Gasteiger partial charge in [-0.1, -0.05) is 0 Å². The summed E-state index contributed by atoms with van der Waals surface area (Å²) in [4.78, 5) is 8.03. The Labute approximate surface area is 128 Å². The number of benzene rings is 1. The first kappa shape index (κ1) is 14.3. The lowest BCUT2D eigenvalue weighted by Gasteiger charge is -2.23. The Balaban J connectivity index is 1.86. The molecular formula is C16H16N4O2. The van der Waals surface area contributed by atoms with Crippen LogP contribution in [-0.4, -0.2) is 29.3 Å². The molecule has 3 rings (SSSR count). The first-order valence-electron chi connectivity index (χ1n) is 7.14. The van der Waals surface area contributed by atoms with E-state index in [0.717, 1.165) is 18.4 Å². The zero-order valence-electron chi connectivity index (χ0n) is 12.0. The summed E-state index contributed by atoms with van der Waals surface area (Å²) in [7, 11) is 0. The maximum atomic E-state index is 9.36. The molecule has 0 bridgehead atoms. The first-order chi connectivity index (χ1) is 10.8. The predicted octanol–water partition coefficient (Wildman–Crippen LogP) is 2.16. The molecule has 6 nitrogen and oxygen atoms in total. The number of ether oxygens (including phenoxy) is 2. The standard InChI is InChI=1S/C16H16N4O2/c17-10-12-9-11(14-3-6-19-16(18)20-14)1-2-15(12)22-13-4-7-21-8-5-13/h1-3,6,9,13H,4-5,7-8H2,(H2,18,19,20). The van der Waals surface area contributed by atoms with Crippen molar-refractivity contribution in [1.29, 1.82) is 5.26 Å². The van der Waals surface area contributed by atoms with E-state index in [2.05, 4.69) is 16.0 Å². The Morgan fingerprint density at radius 3 is 2.82 bits per heavy atom. The smallest absolute Gasteiger partial charge is 0.220 e. The lowest BCUT2D eigenvalue weighted by atomic mass is 10.1. The van der Waals surface area contributed by atoms with E-state index in [0.29, 0.717) is 30.2 Å². The van der Waals surface area contributed by atoms with E-state index in [9.17, 15) is 5.26 Å². The first-order valence-corrected chi connectivity index (χ1v) is 7.14. The Kier molecular flexibility index (Phi) is 4.17. The molecule has 1 aromatic carbocycles. The molecule has 1 fully saturated rings. The van der Waals surface area contributed by atoms with Crippen LogP contribution in [-0.2, 0) is 4.74 Å². The fourth-order valence-electron chi connectivity index (χ4n) is 2.39. The van der Waals surface area contributed by atoms with Gasteiger partial charge in [0.2, 0.25) is 5.95 Å². The van der Waals surface area contributed by atoms with Gasteiger partial charge in [0.25, 0.3) is 0 Å². The van der Waals surface area contributed by atoms with E-state index in [1.165, 1.54) is 0 Å². The second-order valence-electron chi connectivity index (χ2n) is 5.05. The number of hydrogen-bond acceptors (Lipinski definition) is 6. The van der Waals surface area contributed by atoms with Crippen molar-refractivity contribution in [3.8, 4) is 23.1 Å². The van der Waals surface area contributed by atoms with E-state index in [1.807, 2.05) is 12.1 Å². The van der Waals surface area contributed by atoms with Gasteiger partial charge < -0.3 is 15.2 Å². The third kappa shape index (κ3) is 3.15. The molecule has 0 aliphatic carbocycles. The summed E-state index contributed by atoms with van der Waals surface area (Å²) in [6.45, 7) is 1.40. The lowest BCUT2D eigenvalue weighted by molar-refractivity contribution is 0.0254. The Bertz CT molecular complexity index is 706. The monoisotopic (exact) mass is 296 g/mol.